The Labute approximate surface area is 101 Å². The summed E-state index contributed by atoms with van der Waals surface area (Å²) in [6.07, 6.45) is 4.06. The molecule has 2 saturated heterocycles. The minimum absolute atomic E-state index is 0.0255. The van der Waals surface area contributed by atoms with E-state index in [4.69, 9.17) is 9.47 Å². The van der Waals surface area contributed by atoms with Crippen molar-refractivity contribution >= 4 is 12.1 Å². The molecule has 0 bridgehead atoms. The van der Waals surface area contributed by atoms with E-state index in [0.29, 0.717) is 19.6 Å². The highest BCUT2D eigenvalue weighted by molar-refractivity contribution is 5.69. The van der Waals surface area contributed by atoms with Crippen molar-refractivity contribution in [2.24, 2.45) is 0 Å². The largest absolute Gasteiger partial charge is 0.508 e. The van der Waals surface area contributed by atoms with Crippen molar-refractivity contribution < 1.29 is 23.8 Å². The fourth-order valence-electron chi connectivity index (χ4n) is 1.49. The highest BCUT2D eigenvalue weighted by Crippen LogP contribution is 2.19. The van der Waals surface area contributed by atoms with Gasteiger partial charge in [0.05, 0.1) is 13.2 Å². The van der Waals surface area contributed by atoms with Crippen molar-refractivity contribution in [3.8, 4) is 0 Å². The second-order valence-electron chi connectivity index (χ2n) is 4.74. The molecule has 0 spiro atoms. The van der Waals surface area contributed by atoms with Gasteiger partial charge in [0.2, 0.25) is 0 Å². The van der Waals surface area contributed by atoms with Crippen LogP contribution in [0.1, 0.15) is 46.0 Å². The SMILES string of the molecule is CC1(C)CCOC(=O)O1.O=C1CCCCCO1. The molecule has 98 valence electrons. The summed E-state index contributed by atoms with van der Waals surface area (Å²) in [7, 11) is 0. The fraction of sp³-hybridized carbons (Fsp3) is 0.833. The van der Waals surface area contributed by atoms with Crippen molar-refractivity contribution in [1.29, 1.82) is 0 Å². The van der Waals surface area contributed by atoms with Gasteiger partial charge in [-0.2, -0.15) is 0 Å². The molecule has 0 saturated carbocycles. The third-order valence-corrected chi connectivity index (χ3v) is 2.57. The quantitative estimate of drug-likeness (QED) is 0.612. The number of rotatable bonds is 0. The van der Waals surface area contributed by atoms with Gasteiger partial charge in [-0.1, -0.05) is 0 Å². The zero-order valence-corrected chi connectivity index (χ0v) is 10.5. The molecule has 0 radical (unpaired) electrons. The first kappa shape index (κ1) is 13.8. The zero-order chi connectivity index (χ0) is 12.7. The van der Waals surface area contributed by atoms with E-state index >= 15 is 0 Å². The summed E-state index contributed by atoms with van der Waals surface area (Å²) in [5.74, 6) is -0.0255. The molecule has 0 aromatic carbocycles. The predicted molar refractivity (Wildman–Crippen MR) is 60.6 cm³/mol. The van der Waals surface area contributed by atoms with Crippen LogP contribution in [0, 0.1) is 0 Å². The molecule has 2 heterocycles. The second-order valence-corrected chi connectivity index (χ2v) is 4.74. The Kier molecular flexibility index (Phi) is 5.25. The van der Waals surface area contributed by atoms with Crippen LogP contribution in [0.3, 0.4) is 0 Å². The van der Waals surface area contributed by atoms with E-state index in [1.54, 1.807) is 0 Å². The van der Waals surface area contributed by atoms with E-state index in [0.717, 1.165) is 25.7 Å². The summed E-state index contributed by atoms with van der Waals surface area (Å²) < 4.78 is 14.1. The van der Waals surface area contributed by atoms with E-state index in [-0.39, 0.29) is 11.6 Å². The van der Waals surface area contributed by atoms with Crippen molar-refractivity contribution in [1.82, 2.24) is 0 Å². The van der Waals surface area contributed by atoms with E-state index in [1.165, 1.54) is 0 Å². The van der Waals surface area contributed by atoms with Crippen molar-refractivity contribution in [3.05, 3.63) is 0 Å². The van der Waals surface area contributed by atoms with E-state index in [2.05, 4.69) is 4.74 Å². The summed E-state index contributed by atoms with van der Waals surface area (Å²) in [6, 6.07) is 0. The monoisotopic (exact) mass is 244 g/mol. The van der Waals surface area contributed by atoms with Crippen molar-refractivity contribution in [3.63, 3.8) is 0 Å². The molecule has 2 aliphatic rings. The lowest BCUT2D eigenvalue weighted by atomic mass is 10.1. The average molecular weight is 244 g/mol. The molecule has 2 aliphatic heterocycles. The van der Waals surface area contributed by atoms with E-state index in [1.807, 2.05) is 13.8 Å². The highest BCUT2D eigenvalue weighted by Gasteiger charge is 2.28. The molecule has 5 heteroatoms. The number of ether oxygens (including phenoxy) is 3. The van der Waals surface area contributed by atoms with Crippen LogP contribution in [-0.2, 0) is 19.0 Å². The molecule has 0 aliphatic carbocycles. The lowest BCUT2D eigenvalue weighted by Crippen LogP contribution is -2.35. The first-order valence-electron chi connectivity index (χ1n) is 6.01. The van der Waals surface area contributed by atoms with Gasteiger partial charge in [0.25, 0.3) is 0 Å². The van der Waals surface area contributed by atoms with Gasteiger partial charge in [-0.3, -0.25) is 4.79 Å². The molecule has 2 rings (SSSR count). The number of hydrogen-bond donors (Lipinski definition) is 0. The molecule has 5 nitrogen and oxygen atoms in total. The summed E-state index contributed by atoms with van der Waals surface area (Å²) in [6.45, 7) is 4.85. The highest BCUT2D eigenvalue weighted by atomic mass is 16.7. The lowest BCUT2D eigenvalue weighted by Gasteiger charge is -2.28. The standard InChI is InChI=1S/C6H10O3.C6H10O2/c1-6(2)3-4-8-5(7)9-6;7-6-4-2-1-3-5-8-6/h3-4H2,1-2H3;1-5H2. The molecule has 2 fully saturated rings. The summed E-state index contributed by atoms with van der Waals surface area (Å²) in [5.41, 5.74) is -0.324. The lowest BCUT2D eigenvalue weighted by molar-refractivity contribution is -0.142. The normalized spacial score (nSPS) is 23.2. The van der Waals surface area contributed by atoms with Crippen LogP contribution in [0.2, 0.25) is 0 Å². The van der Waals surface area contributed by atoms with Gasteiger partial charge in [-0.25, -0.2) is 4.79 Å². The molecule has 0 atom stereocenters. The molecule has 17 heavy (non-hydrogen) atoms. The Morgan fingerprint density at radius 2 is 1.76 bits per heavy atom. The molecule has 0 unspecified atom stereocenters. The molecule has 0 aromatic rings. The Balaban J connectivity index is 0.000000171. The van der Waals surface area contributed by atoms with Gasteiger partial charge < -0.3 is 14.2 Å². The first-order valence-corrected chi connectivity index (χ1v) is 6.01. The minimum atomic E-state index is -0.550. The summed E-state index contributed by atoms with van der Waals surface area (Å²) >= 11 is 0. The number of carbonyl (C=O) groups excluding carboxylic acids is 2. The molecular weight excluding hydrogens is 224 g/mol. The number of cyclic esters (lactones) is 3. The summed E-state index contributed by atoms with van der Waals surface area (Å²) in [4.78, 5) is 20.9. The Hall–Kier alpha value is -1.26. The van der Waals surface area contributed by atoms with Crippen LogP contribution in [0.15, 0.2) is 0 Å². The van der Waals surface area contributed by atoms with E-state index in [9.17, 15) is 9.59 Å². The average Bonchev–Trinajstić information content (AvgIpc) is 2.44. The smallest absolute Gasteiger partial charge is 0.466 e. The van der Waals surface area contributed by atoms with Crippen LogP contribution in [0.25, 0.3) is 0 Å². The maximum atomic E-state index is 10.5. The predicted octanol–water partition coefficient (Wildman–Crippen LogP) is 2.43. The Morgan fingerprint density at radius 1 is 1.00 bits per heavy atom. The van der Waals surface area contributed by atoms with Crippen LogP contribution in [0.5, 0.6) is 0 Å². The van der Waals surface area contributed by atoms with Gasteiger partial charge >= 0.3 is 12.1 Å². The van der Waals surface area contributed by atoms with Crippen LogP contribution < -0.4 is 0 Å². The maximum Gasteiger partial charge on any atom is 0.508 e. The van der Waals surface area contributed by atoms with E-state index < -0.39 is 6.16 Å². The first-order chi connectivity index (χ1) is 7.99. The topological polar surface area (TPSA) is 61.8 Å². The van der Waals surface area contributed by atoms with Crippen molar-refractivity contribution in [2.75, 3.05) is 13.2 Å². The second kappa shape index (κ2) is 6.47. The molecule has 0 N–H and O–H groups in total. The third kappa shape index (κ3) is 6.14. The molecular formula is C12H20O5. The summed E-state index contributed by atoms with van der Waals surface area (Å²) in [5, 5.41) is 0. The maximum absolute atomic E-state index is 10.5. The minimum Gasteiger partial charge on any atom is -0.466 e. The molecule has 0 aromatic heterocycles. The zero-order valence-electron chi connectivity index (χ0n) is 10.5. The third-order valence-electron chi connectivity index (χ3n) is 2.57. The number of hydrogen-bond acceptors (Lipinski definition) is 5. The van der Waals surface area contributed by atoms with Gasteiger partial charge in [0.15, 0.2) is 0 Å². The van der Waals surface area contributed by atoms with Gasteiger partial charge in [-0.15, -0.1) is 0 Å². The molecule has 0 amide bonds. The number of esters is 1. The van der Waals surface area contributed by atoms with Crippen LogP contribution in [-0.4, -0.2) is 30.9 Å². The van der Waals surface area contributed by atoms with Crippen LogP contribution in [0.4, 0.5) is 4.79 Å². The number of carbonyl (C=O) groups is 2. The Morgan fingerprint density at radius 3 is 2.35 bits per heavy atom. The van der Waals surface area contributed by atoms with Gasteiger partial charge in [0.1, 0.15) is 5.60 Å². The Bertz CT molecular complexity index is 262. The van der Waals surface area contributed by atoms with Crippen molar-refractivity contribution in [2.45, 2.75) is 51.6 Å². The van der Waals surface area contributed by atoms with Gasteiger partial charge in [-0.05, 0) is 33.1 Å². The fourth-order valence-corrected chi connectivity index (χ4v) is 1.49. The van der Waals surface area contributed by atoms with Crippen LogP contribution >= 0.6 is 0 Å². The van der Waals surface area contributed by atoms with Gasteiger partial charge in [0, 0.05) is 12.8 Å².